The Morgan fingerprint density at radius 2 is 1.65 bits per heavy atom. The quantitative estimate of drug-likeness (QED) is 0.624. The molecule has 0 radical (unpaired) electrons. The van der Waals surface area contributed by atoms with E-state index in [2.05, 4.69) is 55.9 Å². The molecule has 1 N–H and O–H groups in total. The molecular weight excluding hydrogens is 390 g/mol. The third-order valence-corrected chi connectivity index (χ3v) is 5.53. The Labute approximate surface area is 182 Å². The first-order chi connectivity index (χ1) is 15.0. The number of amides is 1. The zero-order chi connectivity index (χ0) is 21.8. The molecule has 0 aliphatic carbocycles. The van der Waals surface area contributed by atoms with Crippen molar-refractivity contribution < 1.29 is 9.59 Å². The Morgan fingerprint density at radius 1 is 0.968 bits per heavy atom. The van der Waals surface area contributed by atoms with Gasteiger partial charge in [0.15, 0.2) is 5.78 Å². The number of nitrogens with zero attached hydrogens (tertiary/aromatic N) is 4. The zero-order valence-electron chi connectivity index (χ0n) is 17.9. The summed E-state index contributed by atoms with van der Waals surface area (Å²) in [6, 6.07) is 15.4. The van der Waals surface area contributed by atoms with Gasteiger partial charge in [-0.25, -0.2) is 4.98 Å². The van der Waals surface area contributed by atoms with Gasteiger partial charge in [-0.05, 0) is 50.2 Å². The van der Waals surface area contributed by atoms with E-state index in [-0.39, 0.29) is 11.7 Å². The molecule has 1 aromatic heterocycles. The van der Waals surface area contributed by atoms with Crippen LogP contribution in [0.3, 0.4) is 0 Å². The Balaban J connectivity index is 1.31. The molecule has 160 valence electrons. The number of hydrogen-bond donors (Lipinski definition) is 1. The highest BCUT2D eigenvalue weighted by Crippen LogP contribution is 2.20. The van der Waals surface area contributed by atoms with Gasteiger partial charge in [-0.1, -0.05) is 17.7 Å². The summed E-state index contributed by atoms with van der Waals surface area (Å²) in [6.45, 7) is 7.14. The third-order valence-electron chi connectivity index (χ3n) is 5.53. The zero-order valence-corrected chi connectivity index (χ0v) is 17.9. The predicted molar refractivity (Wildman–Crippen MR) is 122 cm³/mol. The molecule has 1 aliphatic rings. The average molecular weight is 418 g/mol. The number of aryl methyl sites for hydroxylation is 1. The van der Waals surface area contributed by atoms with Gasteiger partial charge < -0.3 is 10.2 Å². The largest absolute Gasteiger partial charge is 0.339 e. The van der Waals surface area contributed by atoms with Crippen molar-refractivity contribution in [1.82, 2.24) is 14.5 Å². The fourth-order valence-electron chi connectivity index (χ4n) is 3.73. The summed E-state index contributed by atoms with van der Waals surface area (Å²) in [7, 11) is 0. The second-order valence-electron chi connectivity index (χ2n) is 7.88. The van der Waals surface area contributed by atoms with Gasteiger partial charge in [0.25, 0.3) is 0 Å². The fraction of sp³-hybridized carbons (Fsp3) is 0.292. The number of piperazine rings is 1. The highest BCUT2D eigenvalue weighted by atomic mass is 16.2. The van der Waals surface area contributed by atoms with Crippen molar-refractivity contribution in [3.63, 3.8) is 0 Å². The van der Waals surface area contributed by atoms with Gasteiger partial charge in [0.05, 0.1) is 6.54 Å². The van der Waals surface area contributed by atoms with E-state index in [0.29, 0.717) is 17.8 Å². The number of Topliss-reactive ketones (excluding diaryl/α,β-unsaturated/α-hetero) is 1. The van der Waals surface area contributed by atoms with Crippen molar-refractivity contribution in [3.05, 3.63) is 72.1 Å². The molecule has 0 spiro atoms. The van der Waals surface area contributed by atoms with Crippen LogP contribution in [0.15, 0.2) is 60.9 Å². The third kappa shape index (κ3) is 5.00. The summed E-state index contributed by atoms with van der Waals surface area (Å²) < 4.78 is 2.10. The lowest BCUT2D eigenvalue weighted by atomic mass is 10.1. The van der Waals surface area contributed by atoms with Crippen molar-refractivity contribution in [2.45, 2.75) is 13.8 Å². The molecule has 1 amide bonds. The molecule has 4 rings (SSSR count). The lowest BCUT2D eigenvalue weighted by Crippen LogP contribution is -2.49. The maximum absolute atomic E-state index is 12.4. The van der Waals surface area contributed by atoms with Crippen LogP contribution in [0.5, 0.6) is 0 Å². The molecule has 7 nitrogen and oxygen atoms in total. The van der Waals surface area contributed by atoms with Gasteiger partial charge in [-0.15, -0.1) is 0 Å². The van der Waals surface area contributed by atoms with Gasteiger partial charge in [-0.3, -0.25) is 19.1 Å². The van der Waals surface area contributed by atoms with Crippen LogP contribution in [0.25, 0.3) is 5.69 Å². The summed E-state index contributed by atoms with van der Waals surface area (Å²) in [6.07, 6.45) is 3.81. The minimum atomic E-state index is -0.0508. The van der Waals surface area contributed by atoms with E-state index < -0.39 is 0 Å². The number of hydrogen-bond acceptors (Lipinski definition) is 5. The van der Waals surface area contributed by atoms with E-state index in [0.717, 1.165) is 37.8 Å². The molecule has 2 aromatic carbocycles. The smallest absolute Gasteiger partial charge is 0.238 e. The van der Waals surface area contributed by atoms with Crippen LogP contribution in [-0.2, 0) is 4.79 Å². The fourth-order valence-corrected chi connectivity index (χ4v) is 3.73. The molecule has 31 heavy (non-hydrogen) atoms. The van der Waals surface area contributed by atoms with Crippen molar-refractivity contribution in [2.24, 2.45) is 0 Å². The Morgan fingerprint density at radius 3 is 2.29 bits per heavy atom. The molecule has 7 heteroatoms. The lowest BCUT2D eigenvalue weighted by molar-refractivity contribution is -0.117. The molecule has 1 fully saturated rings. The average Bonchev–Trinajstić information content (AvgIpc) is 3.25. The van der Waals surface area contributed by atoms with Crippen LogP contribution in [0.2, 0.25) is 0 Å². The summed E-state index contributed by atoms with van der Waals surface area (Å²) in [4.78, 5) is 32.8. The number of aromatic nitrogens is 2. The monoisotopic (exact) mass is 417 g/mol. The van der Waals surface area contributed by atoms with Crippen molar-refractivity contribution in [1.29, 1.82) is 0 Å². The van der Waals surface area contributed by atoms with Crippen LogP contribution in [0, 0.1) is 6.92 Å². The van der Waals surface area contributed by atoms with E-state index in [4.69, 9.17) is 0 Å². The number of benzene rings is 2. The van der Waals surface area contributed by atoms with Gasteiger partial charge in [-0.2, -0.15) is 0 Å². The van der Waals surface area contributed by atoms with Crippen molar-refractivity contribution >= 4 is 23.3 Å². The first-order valence-corrected chi connectivity index (χ1v) is 10.5. The standard InChI is InChI=1S/C24H27N5O2/c1-18-3-9-22(10-4-18)29-12-11-25-24(29)28-15-13-27(14-16-28)17-23(31)26-21-7-5-20(6-8-21)19(2)30/h3-12H,13-17H2,1-2H3,(H,26,31). The van der Waals surface area contributed by atoms with Crippen molar-refractivity contribution in [3.8, 4) is 5.69 Å². The topological polar surface area (TPSA) is 70.5 Å². The molecule has 0 bridgehead atoms. The number of carbonyl (C=O) groups excluding carboxylic acids is 2. The predicted octanol–water partition coefficient (Wildman–Crippen LogP) is 3.14. The van der Waals surface area contributed by atoms with Crippen LogP contribution in [0.1, 0.15) is 22.8 Å². The molecule has 3 aromatic rings. The van der Waals surface area contributed by atoms with Crippen LogP contribution in [-0.4, -0.2) is 58.9 Å². The van der Waals surface area contributed by atoms with Gasteiger partial charge in [0.1, 0.15) is 0 Å². The number of carbonyl (C=O) groups is 2. The van der Waals surface area contributed by atoms with E-state index in [1.165, 1.54) is 12.5 Å². The molecule has 2 heterocycles. The van der Waals surface area contributed by atoms with Gasteiger partial charge in [0.2, 0.25) is 11.9 Å². The van der Waals surface area contributed by atoms with Gasteiger partial charge in [0, 0.05) is 55.5 Å². The highest BCUT2D eigenvalue weighted by molar-refractivity contribution is 5.96. The van der Waals surface area contributed by atoms with E-state index in [1.54, 1.807) is 24.3 Å². The maximum Gasteiger partial charge on any atom is 0.238 e. The SMILES string of the molecule is CC(=O)c1ccc(NC(=O)CN2CCN(c3nccn3-c3ccc(C)cc3)CC2)cc1. The summed E-state index contributed by atoms with van der Waals surface area (Å²) >= 11 is 0. The molecule has 1 aliphatic heterocycles. The van der Waals surface area contributed by atoms with Crippen LogP contribution >= 0.6 is 0 Å². The number of anilines is 2. The Kier molecular flexibility index (Phi) is 6.13. The van der Waals surface area contributed by atoms with Gasteiger partial charge >= 0.3 is 0 Å². The summed E-state index contributed by atoms with van der Waals surface area (Å²) in [5.74, 6) is 0.891. The minimum Gasteiger partial charge on any atom is -0.339 e. The number of imidazole rings is 1. The summed E-state index contributed by atoms with van der Waals surface area (Å²) in [5, 5.41) is 2.91. The van der Waals surface area contributed by atoms with E-state index in [9.17, 15) is 9.59 Å². The maximum atomic E-state index is 12.4. The van der Waals surface area contributed by atoms with E-state index >= 15 is 0 Å². The number of rotatable bonds is 6. The molecule has 0 atom stereocenters. The first-order valence-electron chi connectivity index (χ1n) is 10.5. The minimum absolute atomic E-state index is 0.0127. The summed E-state index contributed by atoms with van der Waals surface area (Å²) in [5.41, 5.74) is 3.66. The lowest BCUT2D eigenvalue weighted by Gasteiger charge is -2.35. The second-order valence-corrected chi connectivity index (χ2v) is 7.88. The number of ketones is 1. The van der Waals surface area contributed by atoms with Crippen molar-refractivity contribution in [2.75, 3.05) is 42.9 Å². The normalized spacial score (nSPS) is 14.5. The number of nitrogens with one attached hydrogen (secondary N) is 1. The molecule has 0 saturated carbocycles. The molecule has 1 saturated heterocycles. The van der Waals surface area contributed by atoms with E-state index in [1.807, 2.05) is 12.4 Å². The highest BCUT2D eigenvalue weighted by Gasteiger charge is 2.22. The Hall–Kier alpha value is -3.45. The molecule has 0 unspecified atom stereocenters. The van der Waals surface area contributed by atoms with Crippen LogP contribution in [0.4, 0.5) is 11.6 Å². The second kappa shape index (κ2) is 9.14. The van der Waals surface area contributed by atoms with Crippen LogP contribution < -0.4 is 10.2 Å². The first kappa shape index (κ1) is 20.8. The Bertz CT molecular complexity index is 1050. The molecular formula is C24H27N5O2.